The first-order valence-electron chi connectivity index (χ1n) is 7.12. The highest BCUT2D eigenvalue weighted by Crippen LogP contribution is 2.13. The summed E-state index contributed by atoms with van der Waals surface area (Å²) in [5, 5.41) is 10.8. The van der Waals surface area contributed by atoms with Gasteiger partial charge >= 0.3 is 11.8 Å². The number of aryl methyl sites for hydroxylation is 1. The summed E-state index contributed by atoms with van der Waals surface area (Å²) in [4.78, 5) is 28.0. The third-order valence-electron chi connectivity index (χ3n) is 3.60. The molecule has 0 unspecified atom stereocenters. The van der Waals surface area contributed by atoms with E-state index in [4.69, 9.17) is 4.74 Å². The van der Waals surface area contributed by atoms with E-state index in [1.54, 1.807) is 6.92 Å². The van der Waals surface area contributed by atoms with E-state index >= 15 is 0 Å². The zero-order chi connectivity index (χ0) is 15.2. The summed E-state index contributed by atoms with van der Waals surface area (Å²) in [7, 11) is 0. The Morgan fingerprint density at radius 2 is 2.14 bits per heavy atom. The second-order valence-electron chi connectivity index (χ2n) is 5.13. The molecule has 0 amide bonds. The van der Waals surface area contributed by atoms with E-state index in [1.807, 2.05) is 0 Å². The molecule has 21 heavy (non-hydrogen) atoms. The second kappa shape index (κ2) is 7.16. The highest BCUT2D eigenvalue weighted by molar-refractivity contribution is 5.71. The van der Waals surface area contributed by atoms with Crippen molar-refractivity contribution >= 4 is 11.8 Å². The fourth-order valence-electron chi connectivity index (χ4n) is 2.47. The van der Waals surface area contributed by atoms with Gasteiger partial charge in [0.25, 0.3) is 0 Å². The molecular weight excluding hydrogens is 276 g/mol. The van der Waals surface area contributed by atoms with Gasteiger partial charge in [0, 0.05) is 6.92 Å². The molecule has 8 nitrogen and oxygen atoms in total. The monoisotopic (exact) mass is 296 g/mol. The molecule has 0 aromatic carbocycles. The Bertz CT molecular complexity index is 508. The number of piperidine rings is 1. The van der Waals surface area contributed by atoms with Crippen molar-refractivity contribution in [2.75, 3.05) is 26.2 Å². The summed E-state index contributed by atoms with van der Waals surface area (Å²) >= 11 is 0. The normalized spacial score (nSPS) is 15.9. The van der Waals surface area contributed by atoms with Crippen LogP contribution in [0.1, 0.15) is 25.1 Å². The molecule has 0 radical (unpaired) electrons. The Morgan fingerprint density at radius 3 is 2.81 bits per heavy atom. The number of carbonyl (C=O) groups excluding carboxylic acids is 1. The van der Waals surface area contributed by atoms with E-state index in [9.17, 15) is 14.9 Å². The zero-order valence-corrected chi connectivity index (χ0v) is 12.2. The number of hydrogen-bond acceptors (Lipinski definition) is 6. The van der Waals surface area contributed by atoms with Crippen molar-refractivity contribution in [2.24, 2.45) is 0 Å². The third-order valence-corrected chi connectivity index (χ3v) is 3.60. The molecule has 1 saturated heterocycles. The van der Waals surface area contributed by atoms with E-state index in [2.05, 4.69) is 9.88 Å². The molecule has 1 aliphatic heterocycles. The third kappa shape index (κ3) is 4.25. The van der Waals surface area contributed by atoms with E-state index in [-0.39, 0.29) is 24.9 Å². The first kappa shape index (κ1) is 15.4. The Hall–Kier alpha value is -1.96. The van der Waals surface area contributed by atoms with Gasteiger partial charge in [-0.2, -0.15) is 0 Å². The molecule has 2 heterocycles. The number of likely N-dealkylation sites (tertiary alicyclic amines) is 1. The van der Waals surface area contributed by atoms with Crippen LogP contribution < -0.4 is 0 Å². The van der Waals surface area contributed by atoms with Gasteiger partial charge in [-0.3, -0.25) is 9.69 Å². The smallest absolute Gasteiger partial charge is 0.342 e. The zero-order valence-electron chi connectivity index (χ0n) is 12.2. The van der Waals surface area contributed by atoms with Crippen LogP contribution in [-0.4, -0.2) is 51.6 Å². The van der Waals surface area contributed by atoms with Crippen LogP contribution in [0.2, 0.25) is 0 Å². The van der Waals surface area contributed by atoms with Gasteiger partial charge in [-0.1, -0.05) is 6.42 Å². The van der Waals surface area contributed by atoms with Gasteiger partial charge in [-0.05, 0) is 30.9 Å². The predicted octanol–water partition coefficient (Wildman–Crippen LogP) is 1.13. The Balaban J connectivity index is 1.77. The van der Waals surface area contributed by atoms with Crippen LogP contribution in [0.3, 0.4) is 0 Å². The Kier molecular flexibility index (Phi) is 5.26. The Morgan fingerprint density at radius 1 is 1.43 bits per heavy atom. The van der Waals surface area contributed by atoms with E-state index < -0.39 is 4.92 Å². The topological polar surface area (TPSA) is 90.5 Å². The van der Waals surface area contributed by atoms with Gasteiger partial charge in [0.15, 0.2) is 5.82 Å². The molecule has 0 N–H and O–H groups in total. The average Bonchev–Trinajstić information content (AvgIpc) is 2.81. The number of hydrogen-bond donors (Lipinski definition) is 0. The quantitative estimate of drug-likeness (QED) is 0.444. The molecule has 2 rings (SSSR count). The molecule has 8 heteroatoms. The summed E-state index contributed by atoms with van der Waals surface area (Å²) in [5.74, 6) is 0.172. The lowest BCUT2D eigenvalue weighted by molar-refractivity contribution is -0.392. The maximum atomic E-state index is 11.7. The molecule has 0 atom stereocenters. The molecule has 0 aliphatic carbocycles. The van der Waals surface area contributed by atoms with Crippen molar-refractivity contribution in [3.05, 3.63) is 22.1 Å². The number of aromatic nitrogens is 2. The maximum Gasteiger partial charge on any atom is 0.342 e. The second-order valence-corrected chi connectivity index (χ2v) is 5.13. The summed E-state index contributed by atoms with van der Waals surface area (Å²) in [6.45, 7) is 4.20. The van der Waals surface area contributed by atoms with Crippen molar-refractivity contribution in [3.63, 3.8) is 0 Å². The van der Waals surface area contributed by atoms with E-state index in [0.29, 0.717) is 12.4 Å². The van der Waals surface area contributed by atoms with Gasteiger partial charge in [0.2, 0.25) is 0 Å². The Labute approximate surface area is 122 Å². The number of imidazole rings is 1. The lowest BCUT2D eigenvalue weighted by Crippen LogP contribution is -2.35. The molecule has 1 aromatic rings. The molecule has 1 fully saturated rings. The van der Waals surface area contributed by atoms with Gasteiger partial charge in [-0.25, -0.2) is 9.55 Å². The van der Waals surface area contributed by atoms with Gasteiger partial charge in [-0.15, -0.1) is 0 Å². The van der Waals surface area contributed by atoms with E-state index in [0.717, 1.165) is 25.9 Å². The summed E-state index contributed by atoms with van der Waals surface area (Å²) in [5.41, 5.74) is 0. The minimum atomic E-state index is -0.491. The summed E-state index contributed by atoms with van der Waals surface area (Å²) < 4.78 is 6.59. The van der Waals surface area contributed by atoms with Crippen LogP contribution in [-0.2, 0) is 16.1 Å². The van der Waals surface area contributed by atoms with Crippen molar-refractivity contribution in [1.82, 2.24) is 14.5 Å². The first-order valence-corrected chi connectivity index (χ1v) is 7.12. The molecule has 0 saturated carbocycles. The van der Waals surface area contributed by atoms with Crippen molar-refractivity contribution in [1.29, 1.82) is 0 Å². The van der Waals surface area contributed by atoms with Gasteiger partial charge < -0.3 is 14.9 Å². The highest BCUT2D eigenvalue weighted by atomic mass is 16.6. The number of nitro groups is 1. The number of rotatable bonds is 6. The fourth-order valence-corrected chi connectivity index (χ4v) is 2.47. The number of ether oxygens (including phenoxy) is 1. The molecular formula is C13H20N4O4. The van der Waals surface area contributed by atoms with Crippen LogP contribution in [0.5, 0.6) is 0 Å². The maximum absolute atomic E-state index is 11.7. The largest absolute Gasteiger partial charge is 0.461 e. The van der Waals surface area contributed by atoms with Gasteiger partial charge in [0.05, 0.1) is 6.54 Å². The average molecular weight is 296 g/mol. The van der Waals surface area contributed by atoms with Gasteiger partial charge in [0.1, 0.15) is 19.3 Å². The molecule has 0 bridgehead atoms. The standard InChI is InChI=1S/C13H20N4O4/c1-11-14-9-12(17(19)20)16(11)7-8-21-13(18)10-15-5-3-2-4-6-15/h9H,2-8,10H2,1H3. The van der Waals surface area contributed by atoms with Crippen LogP contribution in [0.4, 0.5) is 5.82 Å². The molecule has 1 aliphatic rings. The fraction of sp³-hybridized carbons (Fsp3) is 0.692. The van der Waals surface area contributed by atoms with E-state index in [1.165, 1.54) is 17.2 Å². The number of carbonyl (C=O) groups is 1. The summed E-state index contributed by atoms with van der Waals surface area (Å²) in [6.07, 6.45) is 4.67. The van der Waals surface area contributed by atoms with Crippen LogP contribution in [0.15, 0.2) is 6.20 Å². The van der Waals surface area contributed by atoms with Crippen LogP contribution in [0, 0.1) is 17.0 Å². The number of esters is 1. The first-order chi connectivity index (χ1) is 10.1. The minimum Gasteiger partial charge on any atom is -0.461 e. The van der Waals surface area contributed by atoms with Crippen LogP contribution in [0.25, 0.3) is 0 Å². The highest BCUT2D eigenvalue weighted by Gasteiger charge is 2.18. The molecule has 116 valence electrons. The van der Waals surface area contributed by atoms with Crippen LogP contribution >= 0.6 is 0 Å². The minimum absolute atomic E-state index is 0.0837. The predicted molar refractivity (Wildman–Crippen MR) is 74.9 cm³/mol. The lowest BCUT2D eigenvalue weighted by Gasteiger charge is -2.25. The van der Waals surface area contributed by atoms with Crippen molar-refractivity contribution < 1.29 is 14.5 Å². The molecule has 1 aromatic heterocycles. The summed E-state index contributed by atoms with van der Waals surface area (Å²) in [6, 6.07) is 0. The SMILES string of the molecule is Cc1ncc([N+](=O)[O-])n1CCOC(=O)CN1CCCCC1. The van der Waals surface area contributed by atoms with Crippen molar-refractivity contribution in [2.45, 2.75) is 32.7 Å². The van der Waals surface area contributed by atoms with Crippen molar-refractivity contribution in [3.8, 4) is 0 Å². The molecule has 0 spiro atoms. The lowest BCUT2D eigenvalue weighted by atomic mass is 10.1. The number of nitrogens with zero attached hydrogens (tertiary/aromatic N) is 4.